The molecule has 3 unspecified atom stereocenters. The molecule has 1 amide bonds. The van der Waals surface area contributed by atoms with Crippen LogP contribution >= 0.6 is 11.3 Å². The number of methoxy groups -OCH3 is 1. The predicted molar refractivity (Wildman–Crippen MR) is 133 cm³/mol. The number of nitrogens with zero attached hydrogens (tertiary/aromatic N) is 2. The number of fused-ring (bicyclic) bond motifs is 6. The largest absolute Gasteiger partial charge is 0.359 e. The first-order valence-corrected chi connectivity index (χ1v) is 14.5. The summed E-state index contributed by atoms with van der Waals surface area (Å²) in [7, 11) is -2.71. The second-order valence-corrected chi connectivity index (χ2v) is 12.4. The van der Waals surface area contributed by atoms with Crippen molar-refractivity contribution in [3.8, 4) is 0 Å². The quantitative estimate of drug-likeness (QED) is 0.322. The Morgan fingerprint density at radius 2 is 1.95 bits per heavy atom. The number of likely N-dealkylation sites (tertiary alicyclic amines) is 1. The average molecular weight is 548 g/mol. The molecule has 5 atom stereocenters. The van der Waals surface area contributed by atoms with Gasteiger partial charge >= 0.3 is 0 Å². The Balaban J connectivity index is 1.35. The zero-order chi connectivity index (χ0) is 25.9. The van der Waals surface area contributed by atoms with Crippen LogP contribution in [0.25, 0.3) is 0 Å². The van der Waals surface area contributed by atoms with E-state index in [-0.39, 0.29) is 66.1 Å². The third kappa shape index (κ3) is 4.10. The second-order valence-electron chi connectivity index (χ2n) is 10.0. The molecule has 1 saturated heterocycles. The van der Waals surface area contributed by atoms with Gasteiger partial charge in [-0.15, -0.1) is 15.7 Å². The highest BCUT2D eigenvalue weighted by atomic mass is 32.2. The minimum atomic E-state index is -4.17. The van der Waals surface area contributed by atoms with Gasteiger partial charge in [0.2, 0.25) is 5.91 Å². The van der Waals surface area contributed by atoms with Crippen LogP contribution < -0.4 is 5.32 Å². The van der Waals surface area contributed by atoms with E-state index in [1.807, 2.05) is 0 Å². The van der Waals surface area contributed by atoms with E-state index in [4.69, 9.17) is 9.47 Å². The molecule has 12 heteroatoms. The van der Waals surface area contributed by atoms with Crippen LogP contribution in [0, 0.1) is 29.5 Å². The molecule has 37 heavy (non-hydrogen) atoms. The van der Waals surface area contributed by atoms with Crippen LogP contribution in [-0.4, -0.2) is 50.8 Å². The summed E-state index contributed by atoms with van der Waals surface area (Å²) < 4.78 is 54.1. The smallest absolute Gasteiger partial charge is 0.287 e. The summed E-state index contributed by atoms with van der Waals surface area (Å²) in [5.74, 6) is -2.56. The predicted octanol–water partition coefficient (Wildman–Crippen LogP) is 3.16. The van der Waals surface area contributed by atoms with Crippen LogP contribution in [0.15, 0.2) is 38.9 Å². The molecule has 2 bridgehead atoms. The van der Waals surface area contributed by atoms with Crippen molar-refractivity contribution in [2.24, 2.45) is 28.1 Å². The van der Waals surface area contributed by atoms with Gasteiger partial charge in [0.15, 0.2) is 11.7 Å². The molecule has 3 heterocycles. The van der Waals surface area contributed by atoms with Gasteiger partial charge in [-0.2, -0.15) is 8.42 Å². The van der Waals surface area contributed by atoms with Crippen molar-refractivity contribution in [3.63, 3.8) is 0 Å². The fourth-order valence-corrected chi connectivity index (χ4v) is 9.10. The van der Waals surface area contributed by atoms with Crippen LogP contribution in [0.5, 0.6) is 0 Å². The van der Waals surface area contributed by atoms with Crippen molar-refractivity contribution < 1.29 is 31.9 Å². The zero-order valence-electron chi connectivity index (χ0n) is 20.1. The van der Waals surface area contributed by atoms with Crippen LogP contribution in [0.3, 0.4) is 0 Å². The maximum Gasteiger partial charge on any atom is 0.287 e. The number of hydrogen-bond donors (Lipinski definition) is 1. The van der Waals surface area contributed by atoms with Crippen molar-refractivity contribution in [2.45, 2.75) is 43.4 Å². The van der Waals surface area contributed by atoms with E-state index >= 15 is 0 Å². The number of Topliss-reactive ketones (excluding diaryl/α,β-unsaturated/α-hetero) is 1. The standard InChI is InChI=1S/C25H26FN3O6S2/c1-34-12-35-10-16-11-36-24-22(16)37(32,33)28-23(27-24)19-21(30)18-14-4-5-15(8-14)20(18)29(25(19)31)9-13-2-6-17(26)7-3-13/h2-3,6-7,11,14-15,18-20H,4-5,8-10,12H2,1H3,(H,27,28)/t14-,15+,18?,19?,20?/m0/s1. The third-order valence-corrected chi connectivity index (χ3v) is 10.4. The van der Waals surface area contributed by atoms with Gasteiger partial charge in [0, 0.05) is 31.2 Å². The summed E-state index contributed by atoms with van der Waals surface area (Å²) in [5, 5.41) is 4.96. The highest BCUT2D eigenvalue weighted by molar-refractivity contribution is 7.90. The maximum atomic E-state index is 13.9. The molecule has 0 spiro atoms. The molecule has 1 aromatic heterocycles. The van der Waals surface area contributed by atoms with Crippen molar-refractivity contribution in [2.75, 3.05) is 19.2 Å². The number of thiophene rings is 1. The Morgan fingerprint density at radius 3 is 2.70 bits per heavy atom. The van der Waals surface area contributed by atoms with E-state index in [0.29, 0.717) is 10.6 Å². The lowest BCUT2D eigenvalue weighted by atomic mass is 9.73. The minimum Gasteiger partial charge on any atom is -0.359 e. The number of amides is 1. The maximum absolute atomic E-state index is 13.9. The highest BCUT2D eigenvalue weighted by Gasteiger charge is 2.60. The third-order valence-electron chi connectivity index (χ3n) is 7.91. The van der Waals surface area contributed by atoms with E-state index < -0.39 is 21.8 Å². The van der Waals surface area contributed by atoms with Crippen LogP contribution in [0.2, 0.25) is 0 Å². The molecule has 9 nitrogen and oxygen atoms in total. The summed E-state index contributed by atoms with van der Waals surface area (Å²) in [6.45, 7) is 0.246. The van der Waals surface area contributed by atoms with E-state index in [9.17, 15) is 22.4 Å². The number of hydrogen-bond acceptors (Lipinski definition) is 8. The van der Waals surface area contributed by atoms with Crippen molar-refractivity contribution in [1.29, 1.82) is 0 Å². The number of nitrogens with one attached hydrogen (secondary N) is 1. The molecular formula is C25H26FN3O6S2. The first-order valence-electron chi connectivity index (χ1n) is 12.2. The Labute approximate surface area is 217 Å². The molecule has 0 radical (unpaired) electrons. The second kappa shape index (κ2) is 9.26. The SMILES string of the molecule is COCOCc1csc2c1S(=O)(=O)N=C(C1C(=O)C3C([C@@H]4CC[C@H]3C4)N(Cc3ccc(F)cc3)C1=O)N2. The Morgan fingerprint density at radius 1 is 1.19 bits per heavy atom. The number of ketones is 1. The highest BCUT2D eigenvalue weighted by Crippen LogP contribution is 2.54. The molecular weight excluding hydrogens is 521 g/mol. The molecule has 2 aromatic rings. The van der Waals surface area contributed by atoms with Gasteiger partial charge < -0.3 is 19.7 Å². The van der Waals surface area contributed by atoms with Gasteiger partial charge in [-0.25, -0.2) is 4.39 Å². The minimum absolute atomic E-state index is 0.00553. The van der Waals surface area contributed by atoms with E-state index in [2.05, 4.69) is 9.71 Å². The number of piperidine rings is 1. The first kappa shape index (κ1) is 24.7. The molecule has 2 saturated carbocycles. The molecule has 6 rings (SSSR count). The number of rotatable bonds is 7. The number of carbonyl (C=O) groups excluding carboxylic acids is 2. The number of carbonyl (C=O) groups is 2. The van der Waals surface area contributed by atoms with Crippen molar-refractivity contribution >= 4 is 43.9 Å². The average Bonchev–Trinajstić information content (AvgIpc) is 3.58. The Hall–Kier alpha value is -2.67. The molecule has 1 aromatic carbocycles. The number of anilines is 1. The Kier molecular flexibility index (Phi) is 6.17. The molecule has 1 N–H and O–H groups in total. The lowest BCUT2D eigenvalue weighted by Gasteiger charge is -2.45. The van der Waals surface area contributed by atoms with Gasteiger partial charge in [0.05, 0.1) is 6.61 Å². The summed E-state index contributed by atoms with van der Waals surface area (Å²) in [4.78, 5) is 29.4. The fraction of sp³-hybridized carbons (Fsp3) is 0.480. The lowest BCUT2D eigenvalue weighted by molar-refractivity contribution is -0.153. The normalized spacial score (nSPS) is 29.6. The van der Waals surface area contributed by atoms with E-state index in [1.165, 1.54) is 19.2 Å². The lowest BCUT2D eigenvalue weighted by Crippen LogP contribution is -2.61. The zero-order valence-corrected chi connectivity index (χ0v) is 21.7. The fourth-order valence-electron chi connectivity index (χ4n) is 6.48. The van der Waals surface area contributed by atoms with Crippen LogP contribution in [-0.2, 0) is 42.2 Å². The molecule has 3 fully saturated rings. The number of sulfonamides is 1. The number of benzene rings is 1. The molecule has 196 valence electrons. The molecule has 4 aliphatic rings. The van der Waals surface area contributed by atoms with E-state index in [1.54, 1.807) is 22.4 Å². The molecule has 2 aliphatic carbocycles. The van der Waals surface area contributed by atoms with Gasteiger partial charge in [0.25, 0.3) is 10.0 Å². The molecule has 2 aliphatic heterocycles. The summed E-state index contributed by atoms with van der Waals surface area (Å²) in [5.41, 5.74) is 1.18. The summed E-state index contributed by atoms with van der Waals surface area (Å²) in [6.07, 6.45) is 2.75. The van der Waals surface area contributed by atoms with Gasteiger partial charge in [-0.1, -0.05) is 12.1 Å². The van der Waals surface area contributed by atoms with Crippen molar-refractivity contribution in [3.05, 3.63) is 46.6 Å². The van der Waals surface area contributed by atoms with Gasteiger partial charge in [0.1, 0.15) is 28.3 Å². The Bertz CT molecular complexity index is 1390. The first-order chi connectivity index (χ1) is 17.8. The number of halogens is 1. The number of amidine groups is 1. The van der Waals surface area contributed by atoms with Gasteiger partial charge in [-0.05, 0) is 54.2 Å². The summed E-state index contributed by atoms with van der Waals surface area (Å²) >= 11 is 1.16. The van der Waals surface area contributed by atoms with Gasteiger partial charge in [-0.3, -0.25) is 9.59 Å². The number of ether oxygens (including phenoxy) is 2. The van der Waals surface area contributed by atoms with Crippen LogP contribution in [0.4, 0.5) is 9.39 Å². The summed E-state index contributed by atoms with van der Waals surface area (Å²) in [6, 6.07) is 5.71. The topological polar surface area (TPSA) is 114 Å². The van der Waals surface area contributed by atoms with E-state index in [0.717, 1.165) is 36.2 Å². The van der Waals surface area contributed by atoms with Crippen molar-refractivity contribution in [1.82, 2.24) is 4.90 Å². The monoisotopic (exact) mass is 547 g/mol. The van der Waals surface area contributed by atoms with Crippen LogP contribution in [0.1, 0.15) is 30.4 Å².